The standard InChI is InChI=1S/C37H25Cl2N5O2/c1-43-15-4-9-33(43)31-8-3-7-29(41-31)27-20-37(27)25-18-22(39)11-13-32(25)44(35(37)46)16-14-23-5-2-6-28(40-23)26-19-36(26)24-17-21(38)10-12-30(24)42-34(36)45/h2-13,15,17-18,26-27H,19-20H2,1H3,(H,42,45). The molecule has 2 amide bonds. The van der Waals surface area contributed by atoms with Gasteiger partial charge in [0.15, 0.2) is 0 Å². The number of halogens is 2. The Morgan fingerprint density at radius 1 is 0.826 bits per heavy atom. The van der Waals surface area contributed by atoms with Crippen molar-refractivity contribution < 1.29 is 9.59 Å². The Bertz CT molecular complexity index is 2230. The highest BCUT2D eigenvalue weighted by Crippen LogP contribution is 2.67. The number of hydrogen-bond acceptors (Lipinski definition) is 4. The lowest BCUT2D eigenvalue weighted by molar-refractivity contribution is -0.119. The number of aryl methyl sites for hydroxylation is 1. The van der Waals surface area contributed by atoms with Crippen molar-refractivity contribution in [3.05, 3.63) is 129 Å². The van der Waals surface area contributed by atoms with Crippen molar-refractivity contribution in [2.75, 3.05) is 10.2 Å². The van der Waals surface area contributed by atoms with Crippen LogP contribution in [0, 0.1) is 12.0 Å². The van der Waals surface area contributed by atoms with Gasteiger partial charge in [-0.3, -0.25) is 14.6 Å². The molecule has 3 aromatic heterocycles. The van der Waals surface area contributed by atoms with Crippen molar-refractivity contribution in [3.63, 3.8) is 0 Å². The molecule has 2 aliphatic carbocycles. The van der Waals surface area contributed by atoms with E-state index in [1.165, 1.54) is 0 Å². The maximum Gasteiger partial charge on any atom is 0.250 e. The summed E-state index contributed by atoms with van der Waals surface area (Å²) in [6, 6.07) is 29.8. The number of nitrogens with zero attached hydrogens (tertiary/aromatic N) is 4. The topological polar surface area (TPSA) is 80.1 Å². The number of carbonyl (C=O) groups excluding carboxylic acids is 2. The Hall–Kier alpha value is -4.90. The Morgan fingerprint density at radius 3 is 2.35 bits per heavy atom. The van der Waals surface area contributed by atoms with Crippen LogP contribution in [0.15, 0.2) is 91.1 Å². The summed E-state index contributed by atoms with van der Waals surface area (Å²) >= 11 is 12.8. The van der Waals surface area contributed by atoms with Gasteiger partial charge in [0.1, 0.15) is 5.69 Å². The number of aromatic nitrogens is 3. The van der Waals surface area contributed by atoms with Crippen LogP contribution in [0.2, 0.25) is 10.0 Å². The van der Waals surface area contributed by atoms with Crippen molar-refractivity contribution in [2.45, 2.75) is 35.5 Å². The third-order valence-electron chi connectivity index (χ3n) is 10.1. The van der Waals surface area contributed by atoms with Crippen LogP contribution in [0.1, 0.15) is 52.9 Å². The third-order valence-corrected chi connectivity index (χ3v) is 10.5. The van der Waals surface area contributed by atoms with Gasteiger partial charge in [-0.05, 0) is 103 Å². The van der Waals surface area contributed by atoms with Crippen molar-refractivity contribution >= 4 is 46.4 Å². The highest BCUT2D eigenvalue weighted by atomic mass is 35.5. The lowest BCUT2D eigenvalue weighted by atomic mass is 9.93. The Balaban J connectivity index is 1.03. The molecule has 2 aromatic carbocycles. The molecule has 0 radical (unpaired) electrons. The number of carbonyl (C=O) groups is 2. The van der Waals surface area contributed by atoms with E-state index in [1.54, 1.807) is 17.0 Å². The van der Waals surface area contributed by atoms with Crippen LogP contribution in [0.5, 0.6) is 0 Å². The molecule has 2 aliphatic heterocycles. The first-order chi connectivity index (χ1) is 22.3. The number of pyridine rings is 2. The van der Waals surface area contributed by atoms with E-state index in [0.717, 1.165) is 45.3 Å². The minimum absolute atomic E-state index is 0.0287. The fourth-order valence-corrected chi connectivity index (χ4v) is 7.96. The number of rotatable bonds is 3. The van der Waals surface area contributed by atoms with Gasteiger partial charge in [0.05, 0.1) is 27.9 Å². The molecule has 224 valence electrons. The molecule has 1 N–H and O–H groups in total. The molecule has 4 atom stereocenters. The van der Waals surface area contributed by atoms with Crippen LogP contribution in [0.25, 0.3) is 11.4 Å². The maximum absolute atomic E-state index is 14.2. The Labute approximate surface area is 275 Å². The maximum atomic E-state index is 14.2. The first-order valence-electron chi connectivity index (χ1n) is 15.1. The van der Waals surface area contributed by atoms with Crippen molar-refractivity contribution in [1.29, 1.82) is 0 Å². The molecule has 5 aromatic rings. The molecule has 46 heavy (non-hydrogen) atoms. The van der Waals surface area contributed by atoms with Crippen molar-refractivity contribution in [2.24, 2.45) is 7.05 Å². The van der Waals surface area contributed by atoms with Crippen molar-refractivity contribution in [1.82, 2.24) is 14.5 Å². The molecular weight excluding hydrogens is 617 g/mol. The lowest BCUT2D eigenvalue weighted by Crippen LogP contribution is -2.29. The number of hydrogen-bond donors (Lipinski definition) is 1. The van der Waals surface area contributed by atoms with E-state index < -0.39 is 10.8 Å². The summed E-state index contributed by atoms with van der Waals surface area (Å²) in [6.07, 6.45) is 3.27. The van der Waals surface area contributed by atoms with Gasteiger partial charge in [-0.15, -0.1) is 0 Å². The number of nitrogens with one attached hydrogen (secondary N) is 1. The second-order valence-corrected chi connectivity index (χ2v) is 13.4. The fraction of sp³-hybridized carbons (Fsp3) is 0.189. The Morgan fingerprint density at radius 2 is 1.54 bits per heavy atom. The molecule has 0 saturated heterocycles. The first kappa shape index (κ1) is 27.4. The zero-order valence-electron chi connectivity index (χ0n) is 24.6. The summed E-state index contributed by atoms with van der Waals surface area (Å²) < 4.78 is 2.03. The van der Waals surface area contributed by atoms with Crippen molar-refractivity contribution in [3.8, 4) is 23.4 Å². The number of anilines is 2. The summed E-state index contributed by atoms with van der Waals surface area (Å²) in [5.74, 6) is 2.85. The smallest absolute Gasteiger partial charge is 0.250 e. The molecule has 4 aliphatic rings. The average Bonchev–Trinajstić information content (AvgIpc) is 3.90. The molecule has 5 heterocycles. The van der Waals surface area contributed by atoms with Crippen LogP contribution in [-0.4, -0.2) is 26.3 Å². The highest BCUT2D eigenvalue weighted by molar-refractivity contribution is 6.31. The fourth-order valence-electron chi connectivity index (χ4n) is 7.61. The molecule has 2 fully saturated rings. The van der Waals surface area contributed by atoms with E-state index in [4.69, 9.17) is 33.2 Å². The van der Waals surface area contributed by atoms with Gasteiger partial charge in [0.2, 0.25) is 11.8 Å². The SMILES string of the molecule is Cn1cccc1-c1cccc(C2CC23C(=O)N(C#Cc2cccc(C4CC45C(=O)Nc4ccc(Cl)cc45)n2)c2ccc(Cl)cc23)n1. The molecule has 2 saturated carbocycles. The molecule has 9 rings (SSSR count). The molecule has 0 bridgehead atoms. The van der Waals surface area contributed by atoms with Gasteiger partial charge in [-0.2, -0.15) is 0 Å². The third kappa shape index (κ3) is 3.81. The minimum atomic E-state index is -0.769. The van der Waals surface area contributed by atoms with E-state index in [9.17, 15) is 9.59 Å². The summed E-state index contributed by atoms with van der Waals surface area (Å²) in [5, 5.41) is 4.17. The zero-order chi connectivity index (χ0) is 31.4. The van der Waals surface area contributed by atoms with E-state index in [0.29, 0.717) is 28.6 Å². The minimum Gasteiger partial charge on any atom is -0.349 e. The first-order valence-corrected chi connectivity index (χ1v) is 15.9. The highest BCUT2D eigenvalue weighted by Gasteiger charge is 2.68. The van der Waals surface area contributed by atoms with Crippen LogP contribution in [0.4, 0.5) is 11.4 Å². The molecule has 4 unspecified atom stereocenters. The molecule has 9 heteroatoms. The number of fused-ring (bicyclic) bond motifs is 4. The van der Waals surface area contributed by atoms with Gasteiger partial charge < -0.3 is 9.88 Å². The van der Waals surface area contributed by atoms with Gasteiger partial charge >= 0.3 is 0 Å². The largest absolute Gasteiger partial charge is 0.349 e. The summed E-state index contributed by atoms with van der Waals surface area (Å²) in [4.78, 5) is 38.7. The molecule has 7 nitrogen and oxygen atoms in total. The van der Waals surface area contributed by atoms with E-state index >= 15 is 0 Å². The van der Waals surface area contributed by atoms with Crippen LogP contribution < -0.4 is 10.2 Å². The van der Waals surface area contributed by atoms with E-state index in [2.05, 4.69) is 17.3 Å². The second-order valence-electron chi connectivity index (χ2n) is 12.5. The lowest BCUT2D eigenvalue weighted by Gasteiger charge is -2.11. The van der Waals surface area contributed by atoms with Gasteiger partial charge in [-0.25, -0.2) is 9.88 Å². The summed E-state index contributed by atoms with van der Waals surface area (Å²) in [6.45, 7) is 0. The Kier molecular flexibility index (Phi) is 5.69. The molecular formula is C37H25Cl2N5O2. The van der Waals surface area contributed by atoms with Gasteiger partial charge in [-0.1, -0.05) is 35.3 Å². The van der Waals surface area contributed by atoms with Crippen LogP contribution >= 0.6 is 23.2 Å². The predicted octanol–water partition coefficient (Wildman–Crippen LogP) is 6.95. The van der Waals surface area contributed by atoms with E-state index in [1.807, 2.05) is 90.6 Å². The molecule has 2 spiro atoms. The second kappa shape index (κ2) is 9.56. The summed E-state index contributed by atoms with van der Waals surface area (Å²) in [7, 11) is 1.99. The zero-order valence-corrected chi connectivity index (χ0v) is 26.1. The normalized spacial score (nSPS) is 24.9. The van der Waals surface area contributed by atoms with E-state index in [-0.39, 0.29) is 23.7 Å². The quantitative estimate of drug-likeness (QED) is 0.216. The van der Waals surface area contributed by atoms with Crippen LogP contribution in [-0.2, 0) is 27.5 Å². The number of amides is 2. The predicted molar refractivity (Wildman–Crippen MR) is 177 cm³/mol. The van der Waals surface area contributed by atoms with Gasteiger partial charge in [0, 0.05) is 58.2 Å². The van der Waals surface area contributed by atoms with Gasteiger partial charge in [0.25, 0.3) is 0 Å². The van der Waals surface area contributed by atoms with Crippen LogP contribution in [0.3, 0.4) is 0 Å². The average molecular weight is 643 g/mol. The monoisotopic (exact) mass is 641 g/mol. The number of benzene rings is 2. The summed E-state index contributed by atoms with van der Waals surface area (Å²) in [5.41, 5.74) is 5.96.